The Hall–Kier alpha value is -1.85. The number of methoxy groups -OCH3 is 1. The van der Waals surface area contributed by atoms with Crippen LogP contribution in [0.2, 0.25) is 0 Å². The predicted molar refractivity (Wildman–Crippen MR) is 45.8 cm³/mol. The number of ether oxygens (including phenoxy) is 1. The first-order valence-electron chi connectivity index (χ1n) is 3.60. The largest absolute Gasteiger partial charge is 0.491 e. The van der Waals surface area contributed by atoms with Gasteiger partial charge in [-0.1, -0.05) is 0 Å². The van der Waals surface area contributed by atoms with Crippen LogP contribution in [-0.2, 0) is 0 Å². The molecular weight excluding hydrogens is 194 g/mol. The number of benzene rings is 1. The molecule has 0 saturated heterocycles. The Labute approximate surface area is 78.4 Å². The summed E-state index contributed by atoms with van der Waals surface area (Å²) in [6.45, 7) is 0. The van der Waals surface area contributed by atoms with Crippen molar-refractivity contribution < 1.29 is 18.3 Å². The van der Waals surface area contributed by atoms with Gasteiger partial charge in [0.15, 0.2) is 11.6 Å². The summed E-state index contributed by atoms with van der Waals surface area (Å²) < 4.78 is 30.7. The zero-order valence-electron chi connectivity index (χ0n) is 7.30. The number of rotatable bonds is 2. The maximum absolute atomic E-state index is 13.1. The second-order valence-corrected chi connectivity index (χ2v) is 2.54. The lowest BCUT2D eigenvalue weighted by atomic mass is 10.1. The van der Waals surface area contributed by atoms with Crippen LogP contribution < -0.4 is 16.2 Å². The van der Waals surface area contributed by atoms with E-state index in [0.717, 1.165) is 13.2 Å². The van der Waals surface area contributed by atoms with Gasteiger partial charge in [-0.25, -0.2) is 4.39 Å². The van der Waals surface area contributed by atoms with E-state index in [0.29, 0.717) is 0 Å². The lowest BCUT2D eigenvalue weighted by Gasteiger charge is -2.08. The Morgan fingerprint density at radius 3 is 2.43 bits per heavy atom. The Morgan fingerprint density at radius 1 is 1.43 bits per heavy atom. The molecule has 4 nitrogen and oxygen atoms in total. The van der Waals surface area contributed by atoms with Crippen molar-refractivity contribution in [2.45, 2.75) is 0 Å². The fourth-order valence-corrected chi connectivity index (χ4v) is 1.02. The predicted octanol–water partition coefficient (Wildman–Crippen LogP) is 0.655. The summed E-state index contributed by atoms with van der Waals surface area (Å²) in [7, 11) is 1.14. The van der Waals surface area contributed by atoms with E-state index in [2.05, 4.69) is 4.74 Å². The first kappa shape index (κ1) is 10.2. The molecule has 1 amide bonds. The van der Waals surface area contributed by atoms with Gasteiger partial charge in [0.1, 0.15) is 0 Å². The Morgan fingerprint density at radius 2 is 2.00 bits per heavy atom. The monoisotopic (exact) mass is 202 g/mol. The van der Waals surface area contributed by atoms with Crippen molar-refractivity contribution in [2.75, 3.05) is 12.8 Å². The average Bonchev–Trinajstić information content (AvgIpc) is 2.12. The molecular formula is C8H8F2N2O2. The standard InChI is InChI=1S/C8H8F2N2O2/c1-14-7-4(11)2-3(8(12)13)5(9)6(7)10/h2H,11H2,1H3,(H2,12,13). The fourth-order valence-electron chi connectivity index (χ4n) is 1.02. The molecule has 0 bridgehead atoms. The maximum atomic E-state index is 13.1. The third-order valence-electron chi connectivity index (χ3n) is 1.66. The molecule has 0 aliphatic carbocycles. The van der Waals surface area contributed by atoms with Gasteiger partial charge in [0.25, 0.3) is 5.91 Å². The SMILES string of the molecule is COc1c(N)cc(C(N)=O)c(F)c1F. The molecule has 0 saturated carbocycles. The molecule has 4 N–H and O–H groups in total. The highest BCUT2D eigenvalue weighted by molar-refractivity contribution is 5.94. The second-order valence-electron chi connectivity index (χ2n) is 2.54. The molecule has 0 aromatic heterocycles. The number of hydrogen-bond acceptors (Lipinski definition) is 3. The molecule has 1 aromatic carbocycles. The smallest absolute Gasteiger partial charge is 0.251 e. The van der Waals surface area contributed by atoms with Crippen LogP contribution in [0.15, 0.2) is 6.07 Å². The number of nitrogens with two attached hydrogens (primary N) is 2. The topological polar surface area (TPSA) is 78.3 Å². The van der Waals surface area contributed by atoms with Gasteiger partial charge in [0.2, 0.25) is 5.82 Å². The summed E-state index contributed by atoms with van der Waals surface area (Å²) in [5.74, 6) is -4.20. The van der Waals surface area contributed by atoms with Crippen molar-refractivity contribution in [3.8, 4) is 5.75 Å². The van der Waals surface area contributed by atoms with E-state index in [1.807, 2.05) is 0 Å². The normalized spacial score (nSPS) is 9.93. The minimum absolute atomic E-state index is 0.180. The third-order valence-corrected chi connectivity index (χ3v) is 1.66. The fraction of sp³-hybridized carbons (Fsp3) is 0.125. The van der Waals surface area contributed by atoms with Crippen molar-refractivity contribution in [3.63, 3.8) is 0 Å². The Balaban J connectivity index is 3.47. The van der Waals surface area contributed by atoms with Crippen LogP contribution in [0.25, 0.3) is 0 Å². The lowest BCUT2D eigenvalue weighted by molar-refractivity contribution is 0.0995. The number of anilines is 1. The number of carbonyl (C=O) groups is 1. The van der Waals surface area contributed by atoms with Gasteiger partial charge in [-0.2, -0.15) is 4.39 Å². The van der Waals surface area contributed by atoms with Crippen LogP contribution >= 0.6 is 0 Å². The van der Waals surface area contributed by atoms with Crippen molar-refractivity contribution in [2.24, 2.45) is 5.73 Å². The number of amides is 1. The van der Waals surface area contributed by atoms with Gasteiger partial charge < -0.3 is 16.2 Å². The van der Waals surface area contributed by atoms with E-state index in [1.54, 1.807) is 0 Å². The van der Waals surface area contributed by atoms with Crippen molar-refractivity contribution in [1.82, 2.24) is 0 Å². The molecule has 14 heavy (non-hydrogen) atoms. The number of carbonyl (C=O) groups excluding carboxylic acids is 1. The quantitative estimate of drug-likeness (QED) is 0.691. The van der Waals surface area contributed by atoms with E-state index in [9.17, 15) is 13.6 Å². The van der Waals surface area contributed by atoms with Crippen LogP contribution in [0.3, 0.4) is 0 Å². The highest BCUT2D eigenvalue weighted by Gasteiger charge is 2.20. The average molecular weight is 202 g/mol. The molecule has 0 fully saturated rings. The summed E-state index contributed by atoms with van der Waals surface area (Å²) in [4.78, 5) is 10.6. The Bertz CT molecular complexity index is 393. The minimum atomic E-state index is -1.36. The molecule has 1 rings (SSSR count). The highest BCUT2D eigenvalue weighted by atomic mass is 19.2. The van der Waals surface area contributed by atoms with Crippen LogP contribution in [-0.4, -0.2) is 13.0 Å². The van der Waals surface area contributed by atoms with Crippen LogP contribution in [0.4, 0.5) is 14.5 Å². The van der Waals surface area contributed by atoms with E-state index in [4.69, 9.17) is 11.5 Å². The van der Waals surface area contributed by atoms with Gasteiger partial charge in [-0.05, 0) is 6.07 Å². The molecule has 0 atom stereocenters. The maximum Gasteiger partial charge on any atom is 0.251 e. The van der Waals surface area contributed by atoms with Gasteiger partial charge in [-0.15, -0.1) is 0 Å². The number of hydrogen-bond donors (Lipinski definition) is 2. The number of halogens is 2. The molecule has 0 aliphatic rings. The van der Waals surface area contributed by atoms with E-state index >= 15 is 0 Å². The first-order valence-corrected chi connectivity index (χ1v) is 3.60. The van der Waals surface area contributed by atoms with Gasteiger partial charge >= 0.3 is 0 Å². The van der Waals surface area contributed by atoms with Crippen LogP contribution in [0, 0.1) is 11.6 Å². The second kappa shape index (κ2) is 3.49. The summed E-state index contributed by atoms with van der Waals surface area (Å²) in [6, 6.07) is 0.930. The lowest BCUT2D eigenvalue weighted by Crippen LogP contribution is -2.15. The van der Waals surface area contributed by atoms with Crippen molar-refractivity contribution in [3.05, 3.63) is 23.3 Å². The summed E-state index contributed by atoms with van der Waals surface area (Å²) >= 11 is 0. The van der Waals surface area contributed by atoms with Crippen molar-refractivity contribution >= 4 is 11.6 Å². The van der Waals surface area contributed by atoms with Crippen LogP contribution in [0.1, 0.15) is 10.4 Å². The summed E-state index contributed by atoms with van der Waals surface area (Å²) in [5, 5.41) is 0. The van der Waals surface area contributed by atoms with Crippen LogP contribution in [0.5, 0.6) is 5.75 Å². The van der Waals surface area contributed by atoms with Crippen molar-refractivity contribution in [1.29, 1.82) is 0 Å². The Kier molecular flexibility index (Phi) is 2.55. The molecule has 76 valence electrons. The summed E-state index contributed by atoms with van der Waals surface area (Å²) in [6.07, 6.45) is 0. The first-order chi connectivity index (χ1) is 6.49. The molecule has 0 aliphatic heterocycles. The van der Waals surface area contributed by atoms with Gasteiger partial charge in [0, 0.05) is 0 Å². The molecule has 0 unspecified atom stereocenters. The summed E-state index contributed by atoms with van der Waals surface area (Å²) in [5.41, 5.74) is 9.33. The van der Waals surface area contributed by atoms with E-state index < -0.39 is 28.9 Å². The third kappa shape index (κ3) is 1.46. The molecule has 6 heteroatoms. The van der Waals surface area contributed by atoms with Gasteiger partial charge in [-0.3, -0.25) is 4.79 Å². The minimum Gasteiger partial charge on any atom is -0.491 e. The zero-order chi connectivity index (χ0) is 10.9. The van der Waals surface area contributed by atoms with E-state index in [1.165, 1.54) is 0 Å². The molecule has 0 spiro atoms. The number of primary amides is 1. The highest BCUT2D eigenvalue weighted by Crippen LogP contribution is 2.29. The van der Waals surface area contributed by atoms with E-state index in [-0.39, 0.29) is 5.69 Å². The molecule has 0 radical (unpaired) electrons. The zero-order valence-corrected chi connectivity index (χ0v) is 7.30. The van der Waals surface area contributed by atoms with Gasteiger partial charge in [0.05, 0.1) is 18.4 Å². The molecule has 0 heterocycles. The number of nitrogen functional groups attached to an aromatic ring is 1. The molecule has 1 aromatic rings.